The molecule has 7 nitrogen and oxygen atoms in total. The number of anilines is 1. The van der Waals surface area contributed by atoms with Gasteiger partial charge in [0.15, 0.2) is 0 Å². The van der Waals surface area contributed by atoms with Gasteiger partial charge in [-0.25, -0.2) is 9.97 Å². The molecule has 0 saturated carbocycles. The summed E-state index contributed by atoms with van der Waals surface area (Å²) in [6, 6.07) is 6.05. The number of imidazole rings is 1. The highest BCUT2D eigenvalue weighted by Crippen LogP contribution is 2.34. The SMILES string of the molecule is Cc1cc2c(cc1Cl)nc(N1CCC(C(=O)NC3CCOC3)CC1)n2-c1ccc(C(F)(F)F)cn1. The van der Waals surface area contributed by atoms with E-state index in [1.165, 1.54) is 6.07 Å². The van der Waals surface area contributed by atoms with Crippen molar-refractivity contribution in [1.82, 2.24) is 19.9 Å². The van der Waals surface area contributed by atoms with Crippen LogP contribution in [0.1, 0.15) is 30.4 Å². The van der Waals surface area contributed by atoms with Crippen LogP contribution >= 0.6 is 11.6 Å². The monoisotopic (exact) mass is 507 g/mol. The van der Waals surface area contributed by atoms with Gasteiger partial charge in [-0.3, -0.25) is 9.36 Å². The minimum absolute atomic E-state index is 0.0421. The number of pyridine rings is 1. The van der Waals surface area contributed by atoms with Gasteiger partial charge in [0.25, 0.3) is 0 Å². The number of ether oxygens (including phenoxy) is 1. The number of benzene rings is 1. The number of rotatable bonds is 4. The Kier molecular flexibility index (Phi) is 6.35. The molecule has 2 aromatic heterocycles. The van der Waals surface area contributed by atoms with Gasteiger partial charge < -0.3 is 15.0 Å². The number of aromatic nitrogens is 3. The van der Waals surface area contributed by atoms with Crippen LogP contribution in [0.4, 0.5) is 19.1 Å². The molecule has 3 aromatic rings. The van der Waals surface area contributed by atoms with E-state index >= 15 is 0 Å². The molecule has 1 amide bonds. The summed E-state index contributed by atoms with van der Waals surface area (Å²) in [6.45, 7) is 4.24. The zero-order valence-electron chi connectivity index (χ0n) is 19.1. The fourth-order valence-electron chi connectivity index (χ4n) is 4.62. The summed E-state index contributed by atoms with van der Waals surface area (Å²) in [4.78, 5) is 23.6. The number of alkyl halides is 3. The summed E-state index contributed by atoms with van der Waals surface area (Å²) in [5.41, 5.74) is 1.34. The molecule has 5 rings (SSSR count). The first-order chi connectivity index (χ1) is 16.7. The number of carbonyl (C=O) groups is 1. The quantitative estimate of drug-likeness (QED) is 0.562. The molecule has 1 atom stereocenters. The molecule has 0 radical (unpaired) electrons. The number of aryl methyl sites for hydroxylation is 1. The molecule has 2 aliphatic rings. The third-order valence-corrected chi connectivity index (χ3v) is 7.05. The van der Waals surface area contributed by atoms with Crippen molar-refractivity contribution >= 4 is 34.5 Å². The van der Waals surface area contributed by atoms with Gasteiger partial charge in [0.05, 0.1) is 29.2 Å². The molecule has 1 aromatic carbocycles. The summed E-state index contributed by atoms with van der Waals surface area (Å²) < 4.78 is 46.4. The summed E-state index contributed by atoms with van der Waals surface area (Å²) in [7, 11) is 0. The molecule has 1 unspecified atom stereocenters. The minimum atomic E-state index is -4.47. The Balaban J connectivity index is 1.43. The zero-order chi connectivity index (χ0) is 24.7. The summed E-state index contributed by atoms with van der Waals surface area (Å²) >= 11 is 6.32. The lowest BCUT2D eigenvalue weighted by Crippen LogP contribution is -2.44. The Hall–Kier alpha value is -2.85. The fourth-order valence-corrected chi connectivity index (χ4v) is 4.78. The normalized spacial score (nSPS) is 19.5. The maximum atomic E-state index is 13.1. The lowest BCUT2D eigenvalue weighted by molar-refractivity contribution is -0.137. The molecular weight excluding hydrogens is 483 g/mol. The molecule has 4 heterocycles. The van der Waals surface area contributed by atoms with Crippen LogP contribution in [-0.2, 0) is 15.7 Å². The van der Waals surface area contributed by atoms with Gasteiger partial charge in [-0.05, 0) is 56.0 Å². The van der Waals surface area contributed by atoms with Gasteiger partial charge in [0.2, 0.25) is 11.9 Å². The Bertz CT molecular complexity index is 1230. The van der Waals surface area contributed by atoms with E-state index in [0.717, 1.165) is 24.2 Å². The first-order valence-corrected chi connectivity index (χ1v) is 11.9. The topological polar surface area (TPSA) is 72.3 Å². The summed E-state index contributed by atoms with van der Waals surface area (Å²) in [5.74, 6) is 0.835. The Morgan fingerprint density at radius 1 is 1.20 bits per heavy atom. The van der Waals surface area contributed by atoms with Crippen LogP contribution in [0.25, 0.3) is 16.9 Å². The van der Waals surface area contributed by atoms with Crippen molar-refractivity contribution in [3.05, 3.63) is 46.6 Å². The van der Waals surface area contributed by atoms with Crippen LogP contribution in [0, 0.1) is 12.8 Å². The molecule has 2 aliphatic heterocycles. The number of halogens is 4. The smallest absolute Gasteiger partial charge is 0.379 e. The number of fused-ring (bicyclic) bond motifs is 1. The molecule has 2 fully saturated rings. The van der Waals surface area contributed by atoms with Gasteiger partial charge in [0.1, 0.15) is 5.82 Å². The molecule has 11 heteroatoms. The van der Waals surface area contributed by atoms with E-state index in [-0.39, 0.29) is 17.9 Å². The largest absolute Gasteiger partial charge is 0.417 e. The number of carbonyl (C=O) groups excluding carboxylic acids is 1. The molecular formula is C24H25ClF3N5O2. The average molecular weight is 508 g/mol. The van der Waals surface area contributed by atoms with Crippen LogP contribution in [0.5, 0.6) is 0 Å². The second kappa shape index (κ2) is 9.31. The first-order valence-electron chi connectivity index (χ1n) is 11.6. The lowest BCUT2D eigenvalue weighted by Gasteiger charge is -2.32. The molecule has 186 valence electrons. The lowest BCUT2D eigenvalue weighted by atomic mass is 9.95. The van der Waals surface area contributed by atoms with Gasteiger partial charge >= 0.3 is 6.18 Å². The van der Waals surface area contributed by atoms with Crippen molar-refractivity contribution in [2.45, 2.75) is 38.4 Å². The highest BCUT2D eigenvalue weighted by atomic mass is 35.5. The second-order valence-electron chi connectivity index (χ2n) is 9.07. The molecule has 2 saturated heterocycles. The van der Waals surface area contributed by atoms with Crippen LogP contribution in [-0.4, -0.2) is 52.8 Å². The second-order valence-corrected chi connectivity index (χ2v) is 9.48. The molecule has 0 spiro atoms. The van der Waals surface area contributed by atoms with Crippen LogP contribution in [0.2, 0.25) is 5.02 Å². The van der Waals surface area contributed by atoms with Crippen molar-refractivity contribution in [2.75, 3.05) is 31.2 Å². The van der Waals surface area contributed by atoms with E-state index < -0.39 is 11.7 Å². The molecule has 35 heavy (non-hydrogen) atoms. The van der Waals surface area contributed by atoms with E-state index in [1.807, 2.05) is 17.9 Å². The highest BCUT2D eigenvalue weighted by Gasteiger charge is 2.32. The number of nitrogens with zero attached hydrogens (tertiary/aromatic N) is 4. The van der Waals surface area contributed by atoms with Gasteiger partial charge in [0, 0.05) is 36.8 Å². The Morgan fingerprint density at radius 3 is 2.60 bits per heavy atom. The number of hydrogen-bond donors (Lipinski definition) is 1. The third kappa shape index (κ3) is 4.81. The maximum absolute atomic E-state index is 13.1. The van der Waals surface area contributed by atoms with Crippen molar-refractivity contribution < 1.29 is 22.7 Å². The fraction of sp³-hybridized carbons (Fsp3) is 0.458. The van der Waals surface area contributed by atoms with Crippen LogP contribution in [0.15, 0.2) is 30.5 Å². The molecule has 0 aliphatic carbocycles. The molecule has 0 bridgehead atoms. The van der Waals surface area contributed by atoms with Crippen molar-refractivity contribution in [3.8, 4) is 5.82 Å². The van der Waals surface area contributed by atoms with E-state index in [4.69, 9.17) is 21.3 Å². The Labute approximate surface area is 205 Å². The van der Waals surface area contributed by atoms with E-state index in [0.29, 0.717) is 67.0 Å². The highest BCUT2D eigenvalue weighted by molar-refractivity contribution is 6.32. The summed E-state index contributed by atoms with van der Waals surface area (Å²) in [5, 5.41) is 3.63. The standard InChI is InChI=1S/C24H25ClF3N5O2/c1-14-10-20-19(11-18(14)25)31-23(33(20)21-3-2-16(12-29-21)24(26,27)28)32-7-4-15(5-8-32)22(34)30-17-6-9-35-13-17/h2-3,10-12,15,17H,4-9,13H2,1H3,(H,30,34). The van der Waals surface area contributed by atoms with E-state index in [2.05, 4.69) is 10.3 Å². The van der Waals surface area contributed by atoms with E-state index in [1.54, 1.807) is 10.6 Å². The minimum Gasteiger partial charge on any atom is -0.379 e. The predicted octanol–water partition coefficient (Wildman–Crippen LogP) is 4.52. The predicted molar refractivity (Wildman–Crippen MR) is 126 cm³/mol. The maximum Gasteiger partial charge on any atom is 0.417 e. The number of piperidine rings is 1. The number of amides is 1. The van der Waals surface area contributed by atoms with Crippen molar-refractivity contribution in [1.29, 1.82) is 0 Å². The van der Waals surface area contributed by atoms with E-state index in [9.17, 15) is 18.0 Å². The Morgan fingerprint density at radius 2 is 1.97 bits per heavy atom. The first kappa shape index (κ1) is 23.9. The summed E-state index contributed by atoms with van der Waals surface area (Å²) in [6.07, 6.45) is -1.53. The van der Waals surface area contributed by atoms with Crippen LogP contribution in [0.3, 0.4) is 0 Å². The number of nitrogens with one attached hydrogen (secondary N) is 1. The zero-order valence-corrected chi connectivity index (χ0v) is 19.9. The van der Waals surface area contributed by atoms with Crippen molar-refractivity contribution in [3.63, 3.8) is 0 Å². The average Bonchev–Trinajstić information content (AvgIpc) is 3.47. The van der Waals surface area contributed by atoms with Gasteiger partial charge in [-0.2, -0.15) is 13.2 Å². The van der Waals surface area contributed by atoms with Gasteiger partial charge in [-0.1, -0.05) is 11.6 Å². The van der Waals surface area contributed by atoms with Crippen LogP contribution < -0.4 is 10.2 Å². The third-order valence-electron chi connectivity index (χ3n) is 6.65. The molecule has 1 N–H and O–H groups in total. The van der Waals surface area contributed by atoms with Gasteiger partial charge in [-0.15, -0.1) is 0 Å². The van der Waals surface area contributed by atoms with Crippen molar-refractivity contribution in [2.24, 2.45) is 5.92 Å². The number of hydrogen-bond acceptors (Lipinski definition) is 5.